The monoisotopic (exact) mass is 318 g/mol. The third kappa shape index (κ3) is 2.71. The van der Waals surface area contributed by atoms with Crippen LogP contribution in [-0.2, 0) is 0 Å². The van der Waals surface area contributed by atoms with Crippen molar-refractivity contribution in [2.24, 2.45) is 0 Å². The molecule has 0 radical (unpaired) electrons. The van der Waals surface area contributed by atoms with Gasteiger partial charge in [-0.3, -0.25) is 0 Å². The number of aromatic nitrogens is 3. The predicted octanol–water partition coefficient (Wildman–Crippen LogP) is 4.40. The van der Waals surface area contributed by atoms with Crippen LogP contribution in [0, 0.1) is 0 Å². The molecule has 6 heteroatoms. The second-order valence-corrected chi connectivity index (χ2v) is 6.56. The van der Waals surface area contributed by atoms with Gasteiger partial charge in [-0.1, -0.05) is 29.4 Å². The maximum absolute atomic E-state index is 6.05. The Bertz CT molecular complexity index is 797. The molecule has 0 bridgehead atoms. The summed E-state index contributed by atoms with van der Waals surface area (Å²) in [6.07, 6.45) is 3.58. The van der Waals surface area contributed by atoms with Gasteiger partial charge in [-0.2, -0.15) is 0 Å². The second kappa shape index (κ2) is 5.58. The molecule has 0 spiro atoms. The highest BCUT2D eigenvalue weighted by Gasteiger charge is 2.16. The van der Waals surface area contributed by atoms with Crippen LogP contribution < -0.4 is 5.73 Å². The highest BCUT2D eigenvalue weighted by molar-refractivity contribution is 7.99. The van der Waals surface area contributed by atoms with Crippen LogP contribution in [-0.4, -0.2) is 14.5 Å². The van der Waals surface area contributed by atoms with Crippen molar-refractivity contribution in [1.29, 1.82) is 0 Å². The zero-order valence-corrected chi connectivity index (χ0v) is 13.3. The van der Waals surface area contributed by atoms with Crippen molar-refractivity contribution in [3.05, 3.63) is 41.8 Å². The summed E-state index contributed by atoms with van der Waals surface area (Å²) in [5.41, 5.74) is 6.91. The number of rotatable bonds is 3. The molecule has 2 aromatic heterocycles. The Balaban J connectivity index is 2.14. The molecule has 0 amide bonds. The van der Waals surface area contributed by atoms with Gasteiger partial charge in [0.25, 0.3) is 0 Å². The van der Waals surface area contributed by atoms with E-state index in [9.17, 15) is 0 Å². The molecule has 3 aromatic rings. The first-order chi connectivity index (χ1) is 10.1. The molecule has 21 heavy (non-hydrogen) atoms. The summed E-state index contributed by atoms with van der Waals surface area (Å²) >= 11 is 7.67. The minimum absolute atomic E-state index is 0.301. The van der Waals surface area contributed by atoms with Gasteiger partial charge >= 0.3 is 0 Å². The fourth-order valence-electron chi connectivity index (χ4n) is 2.20. The lowest BCUT2D eigenvalue weighted by molar-refractivity contribution is 0.615. The molecule has 2 N–H and O–H groups in total. The molecule has 0 aliphatic carbocycles. The molecule has 4 nitrogen and oxygen atoms in total. The number of halogens is 1. The van der Waals surface area contributed by atoms with E-state index >= 15 is 0 Å². The number of benzene rings is 1. The molecule has 0 aliphatic heterocycles. The van der Waals surface area contributed by atoms with Crippen LogP contribution in [0.25, 0.3) is 11.0 Å². The van der Waals surface area contributed by atoms with Crippen LogP contribution in [0.4, 0.5) is 5.82 Å². The maximum atomic E-state index is 6.05. The Hall–Kier alpha value is -1.72. The first-order valence-corrected chi connectivity index (χ1v) is 7.80. The molecule has 108 valence electrons. The van der Waals surface area contributed by atoms with Gasteiger partial charge < -0.3 is 10.3 Å². The van der Waals surface area contributed by atoms with Crippen LogP contribution in [0.15, 0.2) is 46.6 Å². The van der Waals surface area contributed by atoms with Gasteiger partial charge in [-0.25, -0.2) is 9.97 Å². The number of fused-ring (bicyclic) bond motifs is 1. The van der Waals surface area contributed by atoms with Crippen LogP contribution >= 0.6 is 23.4 Å². The summed E-state index contributed by atoms with van der Waals surface area (Å²) in [4.78, 5) is 10.6. The summed E-state index contributed by atoms with van der Waals surface area (Å²) in [7, 11) is 0. The Labute approximate surface area is 132 Å². The smallest absolute Gasteiger partial charge is 0.146 e. The normalized spacial score (nSPS) is 11.4. The number of nitrogen functional groups attached to an aromatic ring is 1. The van der Waals surface area contributed by atoms with Gasteiger partial charge in [0, 0.05) is 27.1 Å². The zero-order chi connectivity index (χ0) is 15.0. The topological polar surface area (TPSA) is 56.7 Å². The standard InChI is InChI=1S/C15H15ClN4S/c1-9(2)20-7-12(13-14(17)18-8-19-15(13)20)21-11-5-3-4-10(16)6-11/h3-9H,1-2H3,(H2,17,18,19). The van der Waals surface area contributed by atoms with Crippen LogP contribution in [0.5, 0.6) is 0 Å². The molecule has 2 heterocycles. The van der Waals surface area contributed by atoms with E-state index in [1.807, 2.05) is 24.3 Å². The first-order valence-electron chi connectivity index (χ1n) is 6.60. The van der Waals surface area contributed by atoms with Gasteiger partial charge in [-0.05, 0) is 32.0 Å². The van der Waals surface area contributed by atoms with E-state index in [4.69, 9.17) is 17.3 Å². The van der Waals surface area contributed by atoms with Crippen molar-refractivity contribution < 1.29 is 0 Å². The van der Waals surface area contributed by atoms with E-state index in [0.717, 1.165) is 25.8 Å². The van der Waals surface area contributed by atoms with E-state index < -0.39 is 0 Å². The summed E-state index contributed by atoms with van der Waals surface area (Å²) in [5, 5.41) is 1.62. The van der Waals surface area contributed by atoms with Gasteiger partial charge in [0.15, 0.2) is 0 Å². The van der Waals surface area contributed by atoms with E-state index in [0.29, 0.717) is 11.9 Å². The molecular weight excluding hydrogens is 304 g/mol. The summed E-state index contributed by atoms with van der Waals surface area (Å²) in [6.45, 7) is 4.23. The van der Waals surface area contributed by atoms with Crippen molar-refractivity contribution in [3.8, 4) is 0 Å². The van der Waals surface area contributed by atoms with Crippen molar-refractivity contribution in [1.82, 2.24) is 14.5 Å². The average molecular weight is 319 g/mol. The van der Waals surface area contributed by atoms with E-state index in [1.54, 1.807) is 11.8 Å². The summed E-state index contributed by atoms with van der Waals surface area (Å²) in [6, 6.07) is 8.06. The Morgan fingerprint density at radius 2 is 2.10 bits per heavy atom. The molecule has 0 saturated carbocycles. The summed E-state index contributed by atoms with van der Waals surface area (Å²) in [5.74, 6) is 0.504. The lowest BCUT2D eigenvalue weighted by Gasteiger charge is -2.07. The van der Waals surface area contributed by atoms with Crippen molar-refractivity contribution in [2.75, 3.05) is 5.73 Å². The van der Waals surface area contributed by atoms with Gasteiger partial charge in [0.2, 0.25) is 0 Å². The maximum Gasteiger partial charge on any atom is 0.146 e. The highest BCUT2D eigenvalue weighted by atomic mass is 35.5. The molecule has 0 saturated heterocycles. The molecule has 0 atom stereocenters. The molecular formula is C15H15ClN4S. The molecule has 0 unspecified atom stereocenters. The average Bonchev–Trinajstić information content (AvgIpc) is 2.79. The Morgan fingerprint density at radius 1 is 1.29 bits per heavy atom. The minimum atomic E-state index is 0.301. The van der Waals surface area contributed by atoms with E-state index in [1.165, 1.54) is 6.33 Å². The number of nitrogens with two attached hydrogens (primary N) is 1. The predicted molar refractivity (Wildman–Crippen MR) is 87.9 cm³/mol. The fraction of sp³-hybridized carbons (Fsp3) is 0.200. The molecule has 3 rings (SSSR count). The highest BCUT2D eigenvalue weighted by Crippen LogP contribution is 2.38. The minimum Gasteiger partial charge on any atom is -0.383 e. The van der Waals surface area contributed by atoms with E-state index in [2.05, 4.69) is 34.6 Å². The zero-order valence-electron chi connectivity index (χ0n) is 11.7. The van der Waals surface area contributed by atoms with Crippen LogP contribution in [0.1, 0.15) is 19.9 Å². The van der Waals surface area contributed by atoms with Crippen molar-refractivity contribution >= 4 is 40.2 Å². The van der Waals surface area contributed by atoms with Gasteiger partial charge in [0.1, 0.15) is 17.8 Å². The second-order valence-electron chi connectivity index (χ2n) is 5.01. The number of hydrogen-bond acceptors (Lipinski definition) is 4. The lowest BCUT2D eigenvalue weighted by atomic mass is 10.3. The van der Waals surface area contributed by atoms with E-state index in [-0.39, 0.29) is 0 Å². The van der Waals surface area contributed by atoms with Crippen LogP contribution in [0.3, 0.4) is 0 Å². The number of anilines is 1. The fourth-order valence-corrected chi connectivity index (χ4v) is 3.51. The largest absolute Gasteiger partial charge is 0.383 e. The lowest BCUT2D eigenvalue weighted by Crippen LogP contribution is -2.00. The Kier molecular flexibility index (Phi) is 3.78. The third-order valence-corrected chi connectivity index (χ3v) is 4.44. The quantitative estimate of drug-likeness (QED) is 0.777. The SMILES string of the molecule is CC(C)n1cc(Sc2cccc(Cl)c2)c2c(N)ncnc21. The third-order valence-electron chi connectivity index (χ3n) is 3.18. The number of nitrogens with zero attached hydrogens (tertiary/aromatic N) is 3. The first kappa shape index (κ1) is 14.2. The molecule has 0 aliphatic rings. The number of hydrogen-bond donors (Lipinski definition) is 1. The molecule has 1 aromatic carbocycles. The Morgan fingerprint density at radius 3 is 2.81 bits per heavy atom. The van der Waals surface area contributed by atoms with Gasteiger partial charge in [0.05, 0.1) is 5.39 Å². The van der Waals surface area contributed by atoms with Crippen molar-refractivity contribution in [2.45, 2.75) is 29.7 Å². The summed E-state index contributed by atoms with van der Waals surface area (Å²) < 4.78 is 2.11. The van der Waals surface area contributed by atoms with Crippen molar-refractivity contribution in [3.63, 3.8) is 0 Å². The molecule has 0 fully saturated rings. The van der Waals surface area contributed by atoms with Gasteiger partial charge in [-0.15, -0.1) is 0 Å². The van der Waals surface area contributed by atoms with Crippen LogP contribution in [0.2, 0.25) is 5.02 Å².